The number of aliphatic carboxylic acids is 1. The number of hydrogen-bond acceptors (Lipinski definition) is 6. The molecule has 1 aliphatic rings. The number of ether oxygens (including phenoxy) is 2. The zero-order valence-corrected chi connectivity index (χ0v) is 18.3. The standard InChI is InChI=1S/C23H21F3N2O7/c1-34-18(29)10-17(21(31)32)27-20(30)19(23(24,25)26)28-22(33)35-11-16-14-8-4-2-6-12(14)13-7-3-5-9-15(13)16/h2-9,16-17,19H,10-11H2,1H3,(H,27,30)(H,28,33)(H,31,32)/t17-,19?/m0/s1. The van der Waals surface area contributed by atoms with Gasteiger partial charge < -0.3 is 25.2 Å². The zero-order chi connectivity index (χ0) is 25.8. The number of halogens is 3. The fraction of sp³-hybridized carbons (Fsp3) is 0.304. The fourth-order valence-corrected chi connectivity index (χ4v) is 3.76. The Morgan fingerprint density at radius 3 is 2.00 bits per heavy atom. The first kappa shape index (κ1) is 25.5. The van der Waals surface area contributed by atoms with E-state index in [9.17, 15) is 32.3 Å². The topological polar surface area (TPSA) is 131 Å². The number of esters is 1. The molecule has 2 amide bonds. The van der Waals surface area contributed by atoms with Crippen molar-refractivity contribution in [1.29, 1.82) is 0 Å². The van der Waals surface area contributed by atoms with E-state index in [4.69, 9.17) is 9.84 Å². The lowest BCUT2D eigenvalue weighted by Crippen LogP contribution is -2.58. The SMILES string of the molecule is COC(=O)C[C@H](NC(=O)C(NC(=O)OCC1c2ccccc2-c2ccccc21)C(F)(F)F)C(=O)O. The molecule has 0 bridgehead atoms. The number of carboxylic acids is 1. The van der Waals surface area contributed by atoms with Gasteiger partial charge in [0.15, 0.2) is 0 Å². The molecule has 0 aromatic heterocycles. The first-order valence-electron chi connectivity index (χ1n) is 10.3. The summed E-state index contributed by atoms with van der Waals surface area (Å²) in [6.45, 7) is -0.299. The highest BCUT2D eigenvalue weighted by Gasteiger charge is 2.47. The molecule has 3 N–H and O–H groups in total. The fourth-order valence-electron chi connectivity index (χ4n) is 3.76. The number of fused-ring (bicyclic) bond motifs is 3. The van der Waals surface area contributed by atoms with Gasteiger partial charge in [-0.05, 0) is 22.3 Å². The number of benzene rings is 2. The molecule has 2 atom stereocenters. The van der Waals surface area contributed by atoms with Gasteiger partial charge in [0, 0.05) is 5.92 Å². The van der Waals surface area contributed by atoms with E-state index in [0.29, 0.717) is 0 Å². The van der Waals surface area contributed by atoms with E-state index in [1.54, 1.807) is 17.4 Å². The normalized spacial score (nSPS) is 14.2. The molecule has 2 aromatic rings. The van der Waals surface area contributed by atoms with Crippen LogP contribution in [-0.4, -0.2) is 61.0 Å². The molecule has 0 spiro atoms. The van der Waals surface area contributed by atoms with Crippen LogP contribution in [0.3, 0.4) is 0 Å². The van der Waals surface area contributed by atoms with E-state index in [2.05, 4.69) is 4.74 Å². The lowest BCUT2D eigenvalue weighted by atomic mass is 9.98. The molecule has 12 heteroatoms. The maximum absolute atomic E-state index is 13.5. The van der Waals surface area contributed by atoms with Gasteiger partial charge in [-0.1, -0.05) is 48.5 Å². The number of nitrogens with one attached hydrogen (secondary N) is 2. The number of alkyl carbamates (subject to hydrolysis) is 1. The zero-order valence-electron chi connectivity index (χ0n) is 18.3. The van der Waals surface area contributed by atoms with Crippen LogP contribution in [0.4, 0.5) is 18.0 Å². The van der Waals surface area contributed by atoms with Crippen molar-refractivity contribution < 1.29 is 46.9 Å². The van der Waals surface area contributed by atoms with E-state index < -0.39 is 54.5 Å². The van der Waals surface area contributed by atoms with Crippen LogP contribution in [0.5, 0.6) is 0 Å². The maximum Gasteiger partial charge on any atom is 0.417 e. The van der Waals surface area contributed by atoms with E-state index >= 15 is 0 Å². The smallest absolute Gasteiger partial charge is 0.417 e. The minimum absolute atomic E-state index is 0.299. The highest BCUT2D eigenvalue weighted by Crippen LogP contribution is 2.44. The summed E-state index contributed by atoms with van der Waals surface area (Å²) in [6.07, 6.45) is -7.71. The molecule has 0 aliphatic heterocycles. The quantitative estimate of drug-likeness (QED) is 0.481. The largest absolute Gasteiger partial charge is 0.480 e. The van der Waals surface area contributed by atoms with Crippen molar-refractivity contribution in [2.75, 3.05) is 13.7 Å². The third-order valence-electron chi connectivity index (χ3n) is 5.41. The van der Waals surface area contributed by atoms with Gasteiger partial charge in [0.1, 0.15) is 12.6 Å². The highest BCUT2D eigenvalue weighted by molar-refractivity contribution is 5.91. The molecule has 1 unspecified atom stereocenters. The lowest BCUT2D eigenvalue weighted by molar-refractivity contribution is -0.169. The van der Waals surface area contributed by atoms with Crippen LogP contribution in [0.15, 0.2) is 48.5 Å². The van der Waals surface area contributed by atoms with Crippen LogP contribution in [0.2, 0.25) is 0 Å². The molecule has 35 heavy (non-hydrogen) atoms. The van der Waals surface area contributed by atoms with Crippen LogP contribution in [0, 0.1) is 0 Å². The molecule has 9 nitrogen and oxygen atoms in total. The Kier molecular flexibility index (Phi) is 7.62. The lowest BCUT2D eigenvalue weighted by Gasteiger charge is -2.23. The van der Waals surface area contributed by atoms with Crippen LogP contribution in [0.25, 0.3) is 11.1 Å². The number of rotatable bonds is 8. The van der Waals surface area contributed by atoms with Crippen LogP contribution < -0.4 is 10.6 Å². The van der Waals surface area contributed by atoms with Gasteiger partial charge >= 0.3 is 24.2 Å². The molecule has 0 heterocycles. The van der Waals surface area contributed by atoms with Crippen molar-refractivity contribution in [3.63, 3.8) is 0 Å². The summed E-state index contributed by atoms with van der Waals surface area (Å²) in [4.78, 5) is 46.9. The summed E-state index contributed by atoms with van der Waals surface area (Å²) in [5, 5.41) is 12.1. The second-order valence-electron chi connectivity index (χ2n) is 7.62. The van der Waals surface area contributed by atoms with Gasteiger partial charge in [0.25, 0.3) is 5.91 Å². The second kappa shape index (κ2) is 10.5. The Morgan fingerprint density at radius 1 is 0.971 bits per heavy atom. The van der Waals surface area contributed by atoms with Crippen molar-refractivity contribution >= 4 is 23.9 Å². The number of carboxylic acid groups (broad SMARTS) is 1. The molecule has 1 aliphatic carbocycles. The highest BCUT2D eigenvalue weighted by atomic mass is 19.4. The number of amides is 2. The van der Waals surface area contributed by atoms with Crippen molar-refractivity contribution in [3.8, 4) is 11.1 Å². The van der Waals surface area contributed by atoms with Crippen molar-refractivity contribution in [3.05, 3.63) is 59.7 Å². The van der Waals surface area contributed by atoms with Crippen molar-refractivity contribution in [1.82, 2.24) is 10.6 Å². The van der Waals surface area contributed by atoms with Gasteiger partial charge in [0.2, 0.25) is 6.04 Å². The third-order valence-corrected chi connectivity index (χ3v) is 5.41. The molecular weight excluding hydrogens is 473 g/mol. The van der Waals surface area contributed by atoms with Crippen LogP contribution in [-0.2, 0) is 23.9 Å². The summed E-state index contributed by atoms with van der Waals surface area (Å²) >= 11 is 0. The Balaban J connectivity index is 1.69. The number of methoxy groups -OCH3 is 1. The van der Waals surface area contributed by atoms with E-state index in [-0.39, 0.29) is 6.61 Å². The second-order valence-corrected chi connectivity index (χ2v) is 7.62. The van der Waals surface area contributed by atoms with Gasteiger partial charge in [-0.3, -0.25) is 9.59 Å². The first-order chi connectivity index (χ1) is 16.5. The monoisotopic (exact) mass is 494 g/mol. The Bertz CT molecular complexity index is 1090. The average molecular weight is 494 g/mol. The maximum atomic E-state index is 13.5. The van der Waals surface area contributed by atoms with Gasteiger partial charge in [-0.15, -0.1) is 0 Å². The van der Waals surface area contributed by atoms with Gasteiger partial charge in [0.05, 0.1) is 13.5 Å². The minimum atomic E-state index is -5.27. The molecule has 2 aromatic carbocycles. The molecular formula is C23H21F3N2O7. The van der Waals surface area contributed by atoms with Gasteiger partial charge in [-0.2, -0.15) is 13.2 Å². The van der Waals surface area contributed by atoms with E-state index in [1.807, 2.05) is 36.4 Å². The molecule has 0 fully saturated rings. The Labute approximate surface area is 197 Å². The number of hydrogen-bond donors (Lipinski definition) is 3. The molecule has 0 radical (unpaired) electrons. The van der Waals surface area contributed by atoms with Crippen LogP contribution in [0.1, 0.15) is 23.5 Å². The molecule has 186 valence electrons. The Morgan fingerprint density at radius 2 is 1.51 bits per heavy atom. The molecule has 0 saturated carbocycles. The number of carbonyl (C=O) groups is 4. The first-order valence-corrected chi connectivity index (χ1v) is 10.3. The molecule has 0 saturated heterocycles. The summed E-state index contributed by atoms with van der Waals surface area (Å²) in [5.41, 5.74) is 3.49. The van der Waals surface area contributed by atoms with E-state index in [0.717, 1.165) is 29.4 Å². The molecule has 3 rings (SSSR count). The number of alkyl halides is 3. The minimum Gasteiger partial charge on any atom is -0.480 e. The summed E-state index contributed by atoms with van der Waals surface area (Å²) in [5.74, 6) is -5.12. The third kappa shape index (κ3) is 5.89. The summed E-state index contributed by atoms with van der Waals surface area (Å²) in [6, 6.07) is 9.54. The van der Waals surface area contributed by atoms with Gasteiger partial charge in [-0.25, -0.2) is 9.59 Å². The predicted octanol–water partition coefficient (Wildman–Crippen LogP) is 2.59. The Hall–Kier alpha value is -4.09. The van der Waals surface area contributed by atoms with Crippen molar-refractivity contribution in [2.24, 2.45) is 0 Å². The van der Waals surface area contributed by atoms with Crippen molar-refractivity contribution in [2.45, 2.75) is 30.6 Å². The summed E-state index contributed by atoms with van der Waals surface area (Å²) in [7, 11) is 0.945. The summed E-state index contributed by atoms with van der Waals surface area (Å²) < 4.78 is 49.7. The van der Waals surface area contributed by atoms with Crippen LogP contribution >= 0.6 is 0 Å². The number of carbonyl (C=O) groups excluding carboxylic acids is 3. The van der Waals surface area contributed by atoms with E-state index in [1.165, 1.54) is 5.32 Å². The predicted molar refractivity (Wildman–Crippen MR) is 114 cm³/mol. The average Bonchev–Trinajstić information content (AvgIpc) is 3.13.